The maximum absolute atomic E-state index is 6.60. The number of benzene rings is 2. The van der Waals surface area contributed by atoms with Crippen LogP contribution in [0.2, 0.25) is 0 Å². The Balaban J connectivity index is 2.23. The molecule has 1 saturated carbocycles. The molecule has 1 aliphatic carbocycles. The molecule has 0 spiro atoms. The Hall–Kier alpha value is -1.64. The zero-order valence-corrected chi connectivity index (χ0v) is 11.8. The van der Waals surface area contributed by atoms with Crippen LogP contribution in [0.3, 0.4) is 0 Å². The van der Waals surface area contributed by atoms with E-state index in [2.05, 4.69) is 48.5 Å². The zero-order chi connectivity index (χ0) is 14.1. The maximum Gasteiger partial charge on any atom is 0.0777 e. The van der Waals surface area contributed by atoms with E-state index in [1.807, 2.05) is 12.1 Å². The second kappa shape index (κ2) is 5.04. The molecule has 0 bridgehead atoms. The minimum absolute atomic E-state index is 0.284. The van der Waals surface area contributed by atoms with Crippen molar-refractivity contribution in [1.29, 1.82) is 0 Å². The molecule has 0 aromatic heterocycles. The molecular formula is C18H22N2. The molecule has 2 heteroatoms. The van der Waals surface area contributed by atoms with Crippen LogP contribution in [0, 0.1) is 0 Å². The van der Waals surface area contributed by atoms with Crippen LogP contribution < -0.4 is 11.5 Å². The lowest BCUT2D eigenvalue weighted by molar-refractivity contribution is 0.184. The Morgan fingerprint density at radius 2 is 1.10 bits per heavy atom. The lowest BCUT2D eigenvalue weighted by Crippen LogP contribution is -2.66. The van der Waals surface area contributed by atoms with Gasteiger partial charge in [0.2, 0.25) is 0 Å². The van der Waals surface area contributed by atoms with Crippen LogP contribution in [-0.2, 0) is 5.41 Å². The van der Waals surface area contributed by atoms with Gasteiger partial charge in [0.15, 0.2) is 0 Å². The lowest BCUT2D eigenvalue weighted by atomic mass is 9.59. The van der Waals surface area contributed by atoms with Crippen molar-refractivity contribution in [2.24, 2.45) is 11.5 Å². The van der Waals surface area contributed by atoms with E-state index >= 15 is 0 Å². The van der Waals surface area contributed by atoms with Gasteiger partial charge >= 0.3 is 0 Å². The van der Waals surface area contributed by atoms with E-state index in [1.165, 1.54) is 17.5 Å². The fourth-order valence-corrected chi connectivity index (χ4v) is 3.69. The Morgan fingerprint density at radius 1 is 0.650 bits per heavy atom. The van der Waals surface area contributed by atoms with Gasteiger partial charge in [-0.15, -0.1) is 0 Å². The van der Waals surface area contributed by atoms with Crippen LogP contribution in [0.15, 0.2) is 60.7 Å². The summed E-state index contributed by atoms with van der Waals surface area (Å²) >= 11 is 0. The summed E-state index contributed by atoms with van der Waals surface area (Å²) < 4.78 is 0. The molecule has 0 unspecified atom stereocenters. The SMILES string of the molecule is NC1(N)CCCCC1(c1ccccc1)c1ccccc1. The van der Waals surface area contributed by atoms with Crippen molar-refractivity contribution < 1.29 is 0 Å². The maximum atomic E-state index is 6.60. The molecule has 0 heterocycles. The van der Waals surface area contributed by atoms with Crippen molar-refractivity contribution in [1.82, 2.24) is 0 Å². The first-order valence-corrected chi connectivity index (χ1v) is 7.36. The summed E-state index contributed by atoms with van der Waals surface area (Å²) in [6.45, 7) is 0. The topological polar surface area (TPSA) is 52.0 Å². The number of hydrogen-bond donors (Lipinski definition) is 2. The third-order valence-corrected chi connectivity index (χ3v) is 4.72. The van der Waals surface area contributed by atoms with E-state index in [1.54, 1.807) is 0 Å². The molecule has 4 N–H and O–H groups in total. The highest BCUT2D eigenvalue weighted by molar-refractivity contribution is 5.44. The third kappa shape index (κ3) is 1.96. The van der Waals surface area contributed by atoms with E-state index in [9.17, 15) is 0 Å². The van der Waals surface area contributed by atoms with Crippen LogP contribution >= 0.6 is 0 Å². The molecule has 104 valence electrons. The van der Waals surface area contributed by atoms with Gasteiger partial charge in [-0.2, -0.15) is 0 Å². The predicted molar refractivity (Wildman–Crippen MR) is 83.2 cm³/mol. The second-order valence-electron chi connectivity index (χ2n) is 5.88. The summed E-state index contributed by atoms with van der Waals surface area (Å²) in [6.07, 6.45) is 4.14. The summed E-state index contributed by atoms with van der Waals surface area (Å²) in [6, 6.07) is 21.0. The molecule has 3 rings (SSSR count). The van der Waals surface area contributed by atoms with E-state index in [-0.39, 0.29) is 5.41 Å². The molecular weight excluding hydrogens is 244 g/mol. The van der Waals surface area contributed by atoms with Crippen molar-refractivity contribution in [3.05, 3.63) is 71.8 Å². The molecule has 2 nitrogen and oxygen atoms in total. The zero-order valence-electron chi connectivity index (χ0n) is 11.8. The van der Waals surface area contributed by atoms with Gasteiger partial charge in [-0.05, 0) is 24.0 Å². The number of rotatable bonds is 2. The van der Waals surface area contributed by atoms with Crippen LogP contribution in [0.4, 0.5) is 0 Å². The molecule has 2 aromatic carbocycles. The highest BCUT2D eigenvalue weighted by Gasteiger charge is 2.50. The molecule has 0 atom stereocenters. The van der Waals surface area contributed by atoms with Gasteiger partial charge < -0.3 is 11.5 Å². The summed E-state index contributed by atoms with van der Waals surface area (Å²) in [5, 5.41) is 0. The van der Waals surface area contributed by atoms with E-state index < -0.39 is 5.66 Å². The molecule has 0 radical (unpaired) electrons. The van der Waals surface area contributed by atoms with E-state index in [4.69, 9.17) is 11.5 Å². The Kier molecular flexibility index (Phi) is 3.36. The van der Waals surface area contributed by atoms with Gasteiger partial charge in [-0.1, -0.05) is 73.5 Å². The summed E-state index contributed by atoms with van der Waals surface area (Å²) in [4.78, 5) is 0. The summed E-state index contributed by atoms with van der Waals surface area (Å²) in [7, 11) is 0. The van der Waals surface area contributed by atoms with Crippen LogP contribution in [0.25, 0.3) is 0 Å². The smallest absolute Gasteiger partial charge is 0.0777 e. The minimum atomic E-state index is -0.700. The summed E-state index contributed by atoms with van der Waals surface area (Å²) in [5.74, 6) is 0. The quantitative estimate of drug-likeness (QED) is 0.820. The Morgan fingerprint density at radius 3 is 1.55 bits per heavy atom. The van der Waals surface area contributed by atoms with Crippen LogP contribution in [0.5, 0.6) is 0 Å². The first-order valence-electron chi connectivity index (χ1n) is 7.36. The summed E-state index contributed by atoms with van der Waals surface area (Å²) in [5.41, 5.74) is 14.7. The molecule has 0 amide bonds. The van der Waals surface area contributed by atoms with E-state index in [0.717, 1.165) is 19.3 Å². The standard InChI is InChI=1S/C18H22N2/c19-18(20)14-8-7-13-17(18,15-9-3-1-4-10-15)16-11-5-2-6-12-16/h1-6,9-12H,7-8,13-14,19-20H2. The van der Waals surface area contributed by atoms with Crippen LogP contribution in [0.1, 0.15) is 36.8 Å². The number of nitrogens with two attached hydrogens (primary N) is 2. The van der Waals surface area contributed by atoms with Crippen molar-refractivity contribution in [3.63, 3.8) is 0 Å². The predicted octanol–water partition coefficient (Wildman–Crippen LogP) is 3.16. The molecule has 0 saturated heterocycles. The average molecular weight is 266 g/mol. The fourth-order valence-electron chi connectivity index (χ4n) is 3.69. The van der Waals surface area contributed by atoms with Gasteiger partial charge in [-0.3, -0.25) is 0 Å². The molecule has 20 heavy (non-hydrogen) atoms. The highest BCUT2D eigenvalue weighted by atomic mass is 15.0. The van der Waals surface area contributed by atoms with Gasteiger partial charge in [0.1, 0.15) is 0 Å². The average Bonchev–Trinajstić information content (AvgIpc) is 2.49. The molecule has 1 fully saturated rings. The normalized spacial score (nSPS) is 20.5. The van der Waals surface area contributed by atoms with Gasteiger partial charge in [0.25, 0.3) is 0 Å². The minimum Gasteiger partial charge on any atom is -0.312 e. The largest absolute Gasteiger partial charge is 0.312 e. The monoisotopic (exact) mass is 266 g/mol. The van der Waals surface area contributed by atoms with Crippen LogP contribution in [-0.4, -0.2) is 5.66 Å². The first kappa shape index (κ1) is 13.3. The molecule has 0 aliphatic heterocycles. The fraction of sp³-hybridized carbons (Fsp3) is 0.333. The van der Waals surface area contributed by atoms with Crippen molar-refractivity contribution in [3.8, 4) is 0 Å². The lowest BCUT2D eigenvalue weighted by Gasteiger charge is -2.50. The molecule has 1 aliphatic rings. The first-order chi connectivity index (χ1) is 9.67. The Labute approximate surface area is 120 Å². The van der Waals surface area contributed by atoms with Crippen molar-refractivity contribution in [2.45, 2.75) is 36.8 Å². The van der Waals surface area contributed by atoms with Gasteiger partial charge in [0.05, 0.1) is 11.1 Å². The van der Waals surface area contributed by atoms with Gasteiger partial charge in [0, 0.05) is 0 Å². The van der Waals surface area contributed by atoms with Crippen molar-refractivity contribution >= 4 is 0 Å². The van der Waals surface area contributed by atoms with E-state index in [0.29, 0.717) is 0 Å². The second-order valence-corrected chi connectivity index (χ2v) is 5.88. The van der Waals surface area contributed by atoms with Crippen molar-refractivity contribution in [2.75, 3.05) is 0 Å². The molecule has 2 aromatic rings. The third-order valence-electron chi connectivity index (χ3n) is 4.72. The Bertz CT molecular complexity index is 521. The highest BCUT2D eigenvalue weighted by Crippen LogP contribution is 2.47. The number of hydrogen-bond acceptors (Lipinski definition) is 2. The van der Waals surface area contributed by atoms with Gasteiger partial charge in [-0.25, -0.2) is 0 Å².